The van der Waals surface area contributed by atoms with E-state index in [9.17, 15) is 4.79 Å². The summed E-state index contributed by atoms with van der Waals surface area (Å²) in [6, 6.07) is 12.5. The van der Waals surface area contributed by atoms with Crippen molar-refractivity contribution in [3.63, 3.8) is 0 Å². The Hall–Kier alpha value is -1.97. The van der Waals surface area contributed by atoms with Gasteiger partial charge in [-0.3, -0.25) is 4.79 Å². The lowest BCUT2D eigenvalue weighted by Gasteiger charge is -2.07. The van der Waals surface area contributed by atoms with Gasteiger partial charge >= 0.3 is 0 Å². The summed E-state index contributed by atoms with van der Waals surface area (Å²) in [5.41, 5.74) is 1.32. The number of ether oxygens (including phenoxy) is 1. The number of halogens is 2. The molecule has 0 aliphatic rings. The highest BCUT2D eigenvalue weighted by atomic mass is 35.5. The van der Waals surface area contributed by atoms with Crippen LogP contribution in [0, 0.1) is 0 Å². The Morgan fingerprint density at radius 3 is 2.40 bits per heavy atom. The van der Waals surface area contributed by atoms with Crippen LogP contribution in [0.2, 0.25) is 10.0 Å². The molecule has 5 heteroatoms. The van der Waals surface area contributed by atoms with Crippen LogP contribution in [0.3, 0.4) is 0 Å². The van der Waals surface area contributed by atoms with Gasteiger partial charge in [0.2, 0.25) is 5.91 Å². The van der Waals surface area contributed by atoms with E-state index >= 15 is 0 Å². The van der Waals surface area contributed by atoms with Gasteiger partial charge in [0.05, 0.1) is 6.61 Å². The summed E-state index contributed by atoms with van der Waals surface area (Å²) in [5, 5.41) is 3.79. The topological polar surface area (TPSA) is 38.3 Å². The molecule has 0 bridgehead atoms. The van der Waals surface area contributed by atoms with Crippen molar-refractivity contribution in [1.82, 2.24) is 0 Å². The van der Waals surface area contributed by atoms with E-state index in [4.69, 9.17) is 27.9 Å². The van der Waals surface area contributed by atoms with E-state index in [-0.39, 0.29) is 5.91 Å². The number of hydrogen-bond acceptors (Lipinski definition) is 2. The second kappa shape index (κ2) is 10.1. The fourth-order valence-corrected chi connectivity index (χ4v) is 2.71. The first-order chi connectivity index (χ1) is 12.1. The highest BCUT2D eigenvalue weighted by Crippen LogP contribution is 2.25. The molecule has 0 atom stereocenters. The van der Waals surface area contributed by atoms with Gasteiger partial charge in [-0.25, -0.2) is 0 Å². The quantitative estimate of drug-likeness (QED) is 0.438. The molecule has 0 aliphatic carbocycles. The lowest BCUT2D eigenvalue weighted by molar-refractivity contribution is -0.111. The number of rotatable bonds is 8. The van der Waals surface area contributed by atoms with Gasteiger partial charge in [0.25, 0.3) is 0 Å². The molecule has 0 fully saturated rings. The van der Waals surface area contributed by atoms with Gasteiger partial charge in [0.15, 0.2) is 0 Å². The number of unbranched alkanes of at least 4 members (excludes halogenated alkanes) is 2. The molecule has 1 amide bonds. The molecule has 0 radical (unpaired) electrons. The van der Waals surface area contributed by atoms with Crippen LogP contribution < -0.4 is 10.1 Å². The number of anilines is 1. The van der Waals surface area contributed by atoms with Crippen molar-refractivity contribution in [3.8, 4) is 5.75 Å². The summed E-state index contributed by atoms with van der Waals surface area (Å²) in [6.07, 6.45) is 6.38. The van der Waals surface area contributed by atoms with E-state index in [0.717, 1.165) is 18.6 Å². The zero-order valence-electron chi connectivity index (χ0n) is 14.1. The highest BCUT2D eigenvalue weighted by Gasteiger charge is 2.03. The van der Waals surface area contributed by atoms with Crippen LogP contribution in [0.15, 0.2) is 48.5 Å². The second-order valence-corrected chi connectivity index (χ2v) is 6.35. The summed E-state index contributed by atoms with van der Waals surface area (Å²) in [7, 11) is 0. The normalized spacial score (nSPS) is 10.8. The Balaban J connectivity index is 1.89. The number of amides is 1. The number of carbonyl (C=O) groups excluding carboxylic acids is 1. The molecule has 2 aromatic rings. The molecule has 0 aromatic heterocycles. The van der Waals surface area contributed by atoms with Gasteiger partial charge in [0, 0.05) is 27.4 Å². The molecule has 2 rings (SSSR count). The number of carbonyl (C=O) groups is 1. The molecule has 2 aromatic carbocycles. The Kier molecular flexibility index (Phi) is 7.83. The Morgan fingerprint density at radius 1 is 1.08 bits per heavy atom. The van der Waals surface area contributed by atoms with E-state index in [0.29, 0.717) is 27.9 Å². The van der Waals surface area contributed by atoms with Crippen molar-refractivity contribution < 1.29 is 9.53 Å². The Bertz CT molecular complexity index is 707. The van der Waals surface area contributed by atoms with Crippen LogP contribution in [-0.4, -0.2) is 12.5 Å². The van der Waals surface area contributed by atoms with Crippen LogP contribution >= 0.6 is 23.2 Å². The third kappa shape index (κ3) is 6.45. The van der Waals surface area contributed by atoms with Crippen LogP contribution in [0.4, 0.5) is 5.69 Å². The van der Waals surface area contributed by atoms with Crippen molar-refractivity contribution >= 4 is 40.9 Å². The molecular weight excluding hydrogens is 357 g/mol. The lowest BCUT2D eigenvalue weighted by atomic mass is 10.2. The molecule has 1 N–H and O–H groups in total. The van der Waals surface area contributed by atoms with Gasteiger partial charge in [-0.05, 0) is 48.9 Å². The predicted octanol–water partition coefficient (Wildman–Crippen LogP) is 6.21. The number of benzene rings is 2. The zero-order chi connectivity index (χ0) is 18.1. The van der Waals surface area contributed by atoms with Crippen LogP contribution in [0.25, 0.3) is 6.08 Å². The van der Waals surface area contributed by atoms with Crippen LogP contribution in [0.1, 0.15) is 31.7 Å². The average Bonchev–Trinajstić information content (AvgIpc) is 2.60. The SMILES string of the molecule is CCCCCOc1ccc(NC(=O)C=Cc2c(Cl)cccc2Cl)cc1. The molecule has 3 nitrogen and oxygen atoms in total. The van der Waals surface area contributed by atoms with E-state index in [2.05, 4.69) is 12.2 Å². The minimum Gasteiger partial charge on any atom is -0.494 e. The van der Waals surface area contributed by atoms with Crippen LogP contribution in [-0.2, 0) is 4.79 Å². The molecule has 0 spiro atoms. The molecule has 0 unspecified atom stereocenters. The largest absolute Gasteiger partial charge is 0.494 e. The van der Waals surface area contributed by atoms with Crippen molar-refractivity contribution in [2.75, 3.05) is 11.9 Å². The summed E-state index contributed by atoms with van der Waals surface area (Å²) < 4.78 is 5.64. The molecule has 0 saturated heterocycles. The number of hydrogen-bond donors (Lipinski definition) is 1. The third-order valence-electron chi connectivity index (χ3n) is 3.54. The van der Waals surface area contributed by atoms with Crippen molar-refractivity contribution in [2.45, 2.75) is 26.2 Å². The molecule has 132 valence electrons. The minimum atomic E-state index is -0.257. The van der Waals surface area contributed by atoms with E-state index in [1.165, 1.54) is 12.5 Å². The Labute approximate surface area is 158 Å². The average molecular weight is 378 g/mol. The highest BCUT2D eigenvalue weighted by molar-refractivity contribution is 6.37. The monoisotopic (exact) mass is 377 g/mol. The van der Waals surface area contributed by atoms with Gasteiger partial charge in [-0.2, -0.15) is 0 Å². The molecule has 0 aliphatic heterocycles. The zero-order valence-corrected chi connectivity index (χ0v) is 15.6. The van der Waals surface area contributed by atoms with Gasteiger partial charge in [-0.1, -0.05) is 49.0 Å². The van der Waals surface area contributed by atoms with Gasteiger partial charge < -0.3 is 10.1 Å². The van der Waals surface area contributed by atoms with E-state index in [1.54, 1.807) is 24.3 Å². The number of nitrogens with one attached hydrogen (secondary N) is 1. The maximum Gasteiger partial charge on any atom is 0.248 e. The third-order valence-corrected chi connectivity index (χ3v) is 4.20. The van der Waals surface area contributed by atoms with Crippen molar-refractivity contribution in [2.24, 2.45) is 0 Å². The van der Waals surface area contributed by atoms with Crippen molar-refractivity contribution in [1.29, 1.82) is 0 Å². The lowest BCUT2D eigenvalue weighted by Crippen LogP contribution is -2.07. The minimum absolute atomic E-state index is 0.257. The second-order valence-electron chi connectivity index (χ2n) is 5.54. The molecule has 0 saturated carbocycles. The van der Waals surface area contributed by atoms with E-state index in [1.807, 2.05) is 24.3 Å². The van der Waals surface area contributed by atoms with Crippen LogP contribution in [0.5, 0.6) is 5.75 Å². The maximum absolute atomic E-state index is 12.0. The Morgan fingerprint density at radius 2 is 1.76 bits per heavy atom. The first kappa shape index (κ1) is 19.4. The van der Waals surface area contributed by atoms with Gasteiger partial charge in [0.1, 0.15) is 5.75 Å². The fourth-order valence-electron chi connectivity index (χ4n) is 2.19. The molecule has 0 heterocycles. The first-order valence-corrected chi connectivity index (χ1v) is 9.01. The smallest absolute Gasteiger partial charge is 0.248 e. The first-order valence-electron chi connectivity index (χ1n) is 8.26. The maximum atomic E-state index is 12.0. The standard InChI is InChI=1S/C20H21Cl2NO2/c1-2-3-4-14-25-16-10-8-15(9-11-16)23-20(24)13-12-17-18(21)6-5-7-19(17)22/h5-13H,2-4,14H2,1H3,(H,23,24). The summed E-state index contributed by atoms with van der Waals surface area (Å²) in [4.78, 5) is 12.0. The summed E-state index contributed by atoms with van der Waals surface area (Å²) >= 11 is 12.1. The van der Waals surface area contributed by atoms with Crippen molar-refractivity contribution in [3.05, 3.63) is 64.1 Å². The fraction of sp³-hybridized carbons (Fsp3) is 0.250. The van der Waals surface area contributed by atoms with Gasteiger partial charge in [-0.15, -0.1) is 0 Å². The molecular formula is C20H21Cl2NO2. The predicted molar refractivity (Wildman–Crippen MR) is 106 cm³/mol. The summed E-state index contributed by atoms with van der Waals surface area (Å²) in [5.74, 6) is 0.542. The molecule has 25 heavy (non-hydrogen) atoms. The van der Waals surface area contributed by atoms with E-state index < -0.39 is 0 Å². The summed E-state index contributed by atoms with van der Waals surface area (Å²) in [6.45, 7) is 2.87.